The van der Waals surface area contributed by atoms with E-state index in [4.69, 9.17) is 43.1 Å². The predicted octanol–water partition coefficient (Wildman–Crippen LogP) is 13.2. The third-order valence-electron chi connectivity index (χ3n) is 16.2. The first-order valence-corrected chi connectivity index (χ1v) is 28.5. The number of anilines is 2. The fourth-order valence-electron chi connectivity index (χ4n) is 11.8. The van der Waals surface area contributed by atoms with Crippen molar-refractivity contribution in [3.63, 3.8) is 0 Å². The fraction of sp³-hybridized carbons (Fsp3) is 0.424. The topological polar surface area (TPSA) is 164 Å². The van der Waals surface area contributed by atoms with Gasteiger partial charge in [-0.25, -0.2) is 0 Å². The molecule has 0 aliphatic carbocycles. The van der Waals surface area contributed by atoms with Crippen molar-refractivity contribution in [1.82, 2.24) is 0 Å². The number of rotatable bonds is 20. The van der Waals surface area contributed by atoms with Crippen molar-refractivity contribution < 1.29 is 52.3 Å². The molecule has 4 aliphatic heterocycles. The van der Waals surface area contributed by atoms with Gasteiger partial charge in [0, 0.05) is 35.2 Å². The molecule has 2 spiro atoms. The van der Waals surface area contributed by atoms with Crippen LogP contribution in [0.5, 0.6) is 23.0 Å². The lowest BCUT2D eigenvalue weighted by Gasteiger charge is -2.46. The van der Waals surface area contributed by atoms with Crippen molar-refractivity contribution in [2.75, 3.05) is 36.1 Å². The van der Waals surface area contributed by atoms with E-state index in [0.29, 0.717) is 59.1 Å². The highest BCUT2D eigenvalue weighted by molar-refractivity contribution is 6.02. The molecule has 0 saturated carbocycles. The highest BCUT2D eigenvalue weighted by atomic mass is 16.6. The Labute approximate surface area is 474 Å². The molecule has 4 unspecified atom stereocenters. The van der Waals surface area contributed by atoms with Crippen LogP contribution in [0.25, 0.3) is 21.5 Å². The molecule has 0 saturated heterocycles. The van der Waals surface area contributed by atoms with E-state index < -0.39 is 58.4 Å². The van der Waals surface area contributed by atoms with Crippen molar-refractivity contribution in [3.8, 4) is 23.0 Å². The molecule has 81 heavy (non-hydrogen) atoms. The standard InChI is InChI=1S/C66H74N4O11/c1-11-45(76-57(71)29-31-59(73)78-47-25-21-43-23-27-55-61(49(43)33-47)67-39-65(80-55)63(7,8)51-17-13-15-19-53(51)69(65)35-41(3)4)37-75-38-46(12-2)77-58(72)30-32-60(74)79-48-26-22-44-24-28-56-62(50(44)34-48)68-40-66(81-56)64(9,10)52-18-14-16-20-54(52)70(66)36-42(5)6/h13-28,33-34,39-42,45-46H,11-12,29-32,35-38H2,1-10H3. The maximum atomic E-state index is 13.1. The molecule has 6 aromatic carbocycles. The summed E-state index contributed by atoms with van der Waals surface area (Å²) >= 11 is 0. The van der Waals surface area contributed by atoms with E-state index in [9.17, 15) is 19.2 Å². The second-order valence-electron chi connectivity index (χ2n) is 23.5. The molecule has 10 rings (SSSR count). The lowest BCUT2D eigenvalue weighted by molar-refractivity contribution is -0.158. The first kappa shape index (κ1) is 56.5. The predicted molar refractivity (Wildman–Crippen MR) is 315 cm³/mol. The molecule has 0 amide bonds. The van der Waals surface area contributed by atoms with Crippen molar-refractivity contribution in [1.29, 1.82) is 0 Å². The summed E-state index contributed by atoms with van der Waals surface area (Å²) in [6, 6.07) is 35.4. The smallest absolute Gasteiger partial charge is 0.311 e. The average Bonchev–Trinajstić information content (AvgIpc) is 3.24. The maximum Gasteiger partial charge on any atom is 0.311 e. The Kier molecular flexibility index (Phi) is 15.8. The summed E-state index contributed by atoms with van der Waals surface area (Å²) < 4.78 is 42.7. The number of esters is 4. The lowest BCUT2D eigenvalue weighted by Crippen LogP contribution is -2.62. The van der Waals surface area contributed by atoms with E-state index in [2.05, 4.69) is 114 Å². The summed E-state index contributed by atoms with van der Waals surface area (Å²) in [5.74, 6) is 0.325. The Balaban J connectivity index is 0.671. The van der Waals surface area contributed by atoms with Crippen LogP contribution in [-0.2, 0) is 44.2 Å². The fourth-order valence-corrected chi connectivity index (χ4v) is 11.8. The van der Waals surface area contributed by atoms with Crippen LogP contribution in [0.3, 0.4) is 0 Å². The largest absolute Gasteiger partial charge is 0.460 e. The van der Waals surface area contributed by atoms with E-state index in [1.165, 1.54) is 11.1 Å². The number of para-hydroxylation sites is 2. The minimum atomic E-state index is -0.849. The zero-order valence-corrected chi connectivity index (χ0v) is 48.2. The second kappa shape index (κ2) is 22.6. The summed E-state index contributed by atoms with van der Waals surface area (Å²) in [4.78, 5) is 66.9. The van der Waals surface area contributed by atoms with E-state index in [-0.39, 0.29) is 38.9 Å². The van der Waals surface area contributed by atoms with Gasteiger partial charge in [0.1, 0.15) is 46.6 Å². The van der Waals surface area contributed by atoms with Gasteiger partial charge in [-0.1, -0.05) is 102 Å². The minimum Gasteiger partial charge on any atom is -0.460 e. The van der Waals surface area contributed by atoms with Gasteiger partial charge < -0.3 is 43.0 Å². The number of ether oxygens (including phenoxy) is 7. The quantitative estimate of drug-likeness (QED) is 0.0524. The second-order valence-corrected chi connectivity index (χ2v) is 23.5. The van der Waals surface area contributed by atoms with Gasteiger partial charge in [0.15, 0.2) is 0 Å². The Bertz CT molecular complexity index is 3230. The monoisotopic (exact) mass is 1100 g/mol. The number of hydrogen-bond donors (Lipinski definition) is 0. The molecule has 0 bridgehead atoms. The zero-order valence-electron chi connectivity index (χ0n) is 48.2. The molecule has 0 N–H and O–H groups in total. The van der Waals surface area contributed by atoms with Gasteiger partial charge in [0.25, 0.3) is 0 Å². The number of nitrogens with zero attached hydrogens (tertiary/aromatic N) is 4. The van der Waals surface area contributed by atoms with Crippen molar-refractivity contribution in [3.05, 3.63) is 120 Å². The number of carbonyl (C=O) groups excluding carboxylic acids is 4. The van der Waals surface area contributed by atoms with Crippen molar-refractivity contribution in [2.45, 2.75) is 142 Å². The van der Waals surface area contributed by atoms with Crippen LogP contribution in [0, 0.1) is 11.8 Å². The highest BCUT2D eigenvalue weighted by Crippen LogP contribution is 2.57. The van der Waals surface area contributed by atoms with Gasteiger partial charge in [-0.05, 0) is 123 Å². The van der Waals surface area contributed by atoms with Crippen molar-refractivity contribution >= 4 is 80.6 Å². The van der Waals surface area contributed by atoms with E-state index in [1.54, 1.807) is 24.3 Å². The van der Waals surface area contributed by atoms with Crippen LogP contribution >= 0.6 is 0 Å². The van der Waals surface area contributed by atoms with Gasteiger partial charge in [-0.2, -0.15) is 0 Å². The number of fused-ring (bicyclic) bond motifs is 8. The SMILES string of the molecule is CCC(COCC(CC)OC(=O)CCC(=O)Oc1ccc2ccc3c(c2c1)N=CC1(O3)N(CC(C)C)c2ccccc2C1(C)C)OC(=O)CCC(=O)Oc1ccc2ccc3c(c2c1)N=CC1(O3)N(CC(C)C)c2ccccc2C1(C)C. The van der Waals surface area contributed by atoms with Crippen LogP contribution in [0.4, 0.5) is 22.7 Å². The molecule has 15 nitrogen and oxygen atoms in total. The molecule has 0 aromatic heterocycles. The molecule has 0 radical (unpaired) electrons. The molecule has 15 heteroatoms. The van der Waals surface area contributed by atoms with Gasteiger partial charge in [-0.15, -0.1) is 0 Å². The van der Waals surface area contributed by atoms with Crippen LogP contribution in [0.1, 0.15) is 119 Å². The third kappa shape index (κ3) is 10.7. The Morgan fingerprint density at radius 1 is 0.519 bits per heavy atom. The molecular weight excluding hydrogens is 1020 g/mol. The molecule has 6 aromatic rings. The van der Waals surface area contributed by atoms with Crippen molar-refractivity contribution in [2.24, 2.45) is 21.8 Å². The van der Waals surface area contributed by atoms with E-state index in [0.717, 1.165) is 46.0 Å². The third-order valence-corrected chi connectivity index (χ3v) is 16.2. The summed E-state index contributed by atoms with van der Waals surface area (Å²) in [5, 5.41) is 3.35. The molecule has 424 valence electrons. The van der Waals surface area contributed by atoms with Crippen LogP contribution in [0.2, 0.25) is 0 Å². The normalized spacial score (nSPS) is 19.5. The first-order chi connectivity index (χ1) is 38.8. The van der Waals surface area contributed by atoms with Gasteiger partial charge >= 0.3 is 23.9 Å². The highest BCUT2D eigenvalue weighted by Gasteiger charge is 2.61. The van der Waals surface area contributed by atoms with E-state index in [1.807, 2.05) is 62.7 Å². The minimum absolute atomic E-state index is 0.0537. The first-order valence-electron chi connectivity index (χ1n) is 28.5. The molecule has 4 atom stereocenters. The molecule has 4 heterocycles. The Morgan fingerprint density at radius 2 is 0.901 bits per heavy atom. The number of benzene rings is 6. The van der Waals surface area contributed by atoms with E-state index >= 15 is 0 Å². The lowest BCUT2D eigenvalue weighted by atomic mass is 9.77. The summed E-state index contributed by atoms with van der Waals surface area (Å²) in [6.07, 6.45) is 2.77. The molecular formula is C66H74N4O11. The van der Waals surface area contributed by atoms with Gasteiger partial charge in [0.2, 0.25) is 11.4 Å². The van der Waals surface area contributed by atoms with Crippen LogP contribution < -0.4 is 28.7 Å². The number of carbonyl (C=O) groups is 4. The van der Waals surface area contributed by atoms with Gasteiger partial charge in [0.05, 0.1) is 62.2 Å². The summed E-state index contributed by atoms with van der Waals surface area (Å²) in [6.45, 7) is 22.9. The Morgan fingerprint density at radius 3 is 1.30 bits per heavy atom. The average molecular weight is 1100 g/mol. The number of aliphatic imine (C=N–C) groups is 2. The molecule has 4 aliphatic rings. The summed E-state index contributed by atoms with van der Waals surface area (Å²) in [5.41, 5.74) is 3.42. The maximum absolute atomic E-state index is 13.1. The van der Waals surface area contributed by atoms with Crippen LogP contribution in [-0.4, -0.2) is 86.3 Å². The molecule has 0 fully saturated rings. The van der Waals surface area contributed by atoms with Gasteiger partial charge in [-0.3, -0.25) is 29.2 Å². The van der Waals surface area contributed by atoms with Crippen LogP contribution in [0.15, 0.2) is 119 Å². The Hall–Kier alpha value is -7.78. The number of hydrogen-bond acceptors (Lipinski definition) is 15. The zero-order chi connectivity index (χ0) is 57.4. The summed E-state index contributed by atoms with van der Waals surface area (Å²) in [7, 11) is 0.